The first-order chi connectivity index (χ1) is 10.2. The van der Waals surface area contributed by atoms with Crippen LogP contribution in [-0.4, -0.2) is 13.0 Å². The van der Waals surface area contributed by atoms with Gasteiger partial charge in [0, 0.05) is 16.2 Å². The van der Waals surface area contributed by atoms with E-state index in [-0.39, 0.29) is 5.91 Å². The average Bonchev–Trinajstić information content (AvgIpc) is 2.53. The van der Waals surface area contributed by atoms with Crippen LogP contribution in [0.15, 0.2) is 55.0 Å². The molecular weight excluding hydrogens is 381 g/mol. The zero-order chi connectivity index (χ0) is 14.8. The van der Waals surface area contributed by atoms with Gasteiger partial charge in [0.25, 0.3) is 5.91 Å². The maximum absolute atomic E-state index is 12.6. The highest BCUT2D eigenvalue weighted by atomic mass is 127. The predicted octanol–water partition coefficient (Wildman–Crippen LogP) is 3.81. The topological polar surface area (TPSA) is 38.8 Å². The van der Waals surface area contributed by atoms with Crippen molar-refractivity contribution in [3.63, 3.8) is 0 Å². The van der Waals surface area contributed by atoms with Gasteiger partial charge in [-0.15, -0.1) is 0 Å². The van der Waals surface area contributed by atoms with Gasteiger partial charge in [0.15, 0.2) is 11.5 Å². The van der Waals surface area contributed by atoms with Gasteiger partial charge < -0.3 is 14.4 Å². The molecule has 5 heteroatoms. The Morgan fingerprint density at radius 1 is 1.05 bits per heavy atom. The molecule has 0 atom stereocenters. The van der Waals surface area contributed by atoms with E-state index in [1.54, 1.807) is 30.1 Å². The number of carbonyl (C=O) groups is 1. The molecule has 0 unspecified atom stereocenters. The molecule has 0 N–H and O–H groups in total. The van der Waals surface area contributed by atoms with E-state index in [0.717, 1.165) is 9.26 Å². The van der Waals surface area contributed by atoms with E-state index in [1.165, 1.54) is 12.5 Å². The van der Waals surface area contributed by atoms with Gasteiger partial charge in [-0.05, 0) is 52.9 Å². The molecule has 0 bridgehead atoms. The van der Waals surface area contributed by atoms with Gasteiger partial charge >= 0.3 is 0 Å². The minimum Gasteiger partial charge on any atom is -0.458 e. The molecule has 1 heterocycles. The van der Waals surface area contributed by atoms with Gasteiger partial charge in [0.1, 0.15) is 12.5 Å². The van der Waals surface area contributed by atoms with E-state index in [2.05, 4.69) is 22.6 Å². The average molecular weight is 393 g/mol. The molecule has 0 radical (unpaired) electrons. The summed E-state index contributed by atoms with van der Waals surface area (Å²) in [7, 11) is 1.76. The van der Waals surface area contributed by atoms with Crippen molar-refractivity contribution >= 4 is 34.2 Å². The van der Waals surface area contributed by atoms with Crippen molar-refractivity contribution in [3.8, 4) is 11.5 Å². The fourth-order valence-electron chi connectivity index (χ4n) is 2.06. The Hall–Kier alpha value is -2.02. The van der Waals surface area contributed by atoms with Gasteiger partial charge in [-0.25, -0.2) is 0 Å². The number of halogens is 1. The van der Waals surface area contributed by atoms with Crippen molar-refractivity contribution in [1.29, 1.82) is 0 Å². The summed E-state index contributed by atoms with van der Waals surface area (Å²) in [5.74, 6) is 1.05. The van der Waals surface area contributed by atoms with E-state index >= 15 is 0 Å². The normalized spacial score (nSPS) is 12.1. The summed E-state index contributed by atoms with van der Waals surface area (Å²) >= 11 is 2.22. The van der Waals surface area contributed by atoms with E-state index in [4.69, 9.17) is 9.47 Å². The van der Waals surface area contributed by atoms with Crippen molar-refractivity contribution < 1.29 is 14.3 Å². The lowest BCUT2D eigenvalue weighted by Gasteiger charge is -2.20. The Kier molecular flexibility index (Phi) is 3.83. The highest BCUT2D eigenvalue weighted by molar-refractivity contribution is 14.1. The minimum absolute atomic E-state index is 0.0972. The summed E-state index contributed by atoms with van der Waals surface area (Å²) in [5, 5.41) is 0. The number of carbonyl (C=O) groups excluding carboxylic acids is 1. The Morgan fingerprint density at radius 2 is 1.76 bits per heavy atom. The Morgan fingerprint density at radius 3 is 2.52 bits per heavy atom. The molecular formula is C16H12INO3. The zero-order valence-corrected chi connectivity index (χ0v) is 13.4. The number of hydrogen-bond donors (Lipinski definition) is 0. The molecule has 0 saturated heterocycles. The third-order valence-corrected chi connectivity index (χ3v) is 4.07. The van der Waals surface area contributed by atoms with Gasteiger partial charge in [0.05, 0.1) is 5.69 Å². The molecule has 0 aromatic heterocycles. The van der Waals surface area contributed by atoms with Crippen molar-refractivity contribution in [3.05, 3.63) is 64.1 Å². The largest absolute Gasteiger partial charge is 0.458 e. The van der Waals surface area contributed by atoms with Crippen molar-refractivity contribution in [2.45, 2.75) is 0 Å². The second-order valence-corrected chi connectivity index (χ2v) is 5.65. The molecule has 21 heavy (non-hydrogen) atoms. The molecule has 1 amide bonds. The summed E-state index contributed by atoms with van der Waals surface area (Å²) in [6.45, 7) is 0. The highest BCUT2D eigenvalue weighted by Gasteiger charge is 2.18. The fourth-order valence-corrected chi connectivity index (χ4v) is 2.81. The maximum Gasteiger partial charge on any atom is 0.258 e. The second-order valence-electron chi connectivity index (χ2n) is 4.48. The van der Waals surface area contributed by atoms with Crippen molar-refractivity contribution in [1.82, 2.24) is 0 Å². The summed E-state index contributed by atoms with van der Waals surface area (Å²) in [6, 6.07) is 12.9. The minimum atomic E-state index is -0.0972. The lowest BCUT2D eigenvalue weighted by Crippen LogP contribution is -2.27. The molecule has 0 saturated carbocycles. The number of fused-ring (bicyclic) bond motifs is 1. The Balaban J connectivity index is 1.91. The van der Waals surface area contributed by atoms with Gasteiger partial charge in [-0.3, -0.25) is 4.79 Å². The van der Waals surface area contributed by atoms with Gasteiger partial charge in [-0.1, -0.05) is 12.1 Å². The summed E-state index contributed by atoms with van der Waals surface area (Å²) in [5.41, 5.74) is 1.42. The summed E-state index contributed by atoms with van der Waals surface area (Å²) < 4.78 is 11.7. The number of para-hydroxylation sites is 1. The van der Waals surface area contributed by atoms with Crippen LogP contribution in [0.5, 0.6) is 11.5 Å². The molecule has 4 nitrogen and oxygen atoms in total. The molecule has 1 aliphatic heterocycles. The van der Waals surface area contributed by atoms with Crippen LogP contribution in [0.4, 0.5) is 5.69 Å². The third-order valence-electron chi connectivity index (χ3n) is 3.15. The molecule has 2 aromatic rings. The van der Waals surface area contributed by atoms with E-state index in [0.29, 0.717) is 17.1 Å². The van der Waals surface area contributed by atoms with Crippen LogP contribution in [0.25, 0.3) is 0 Å². The molecule has 0 fully saturated rings. The van der Waals surface area contributed by atoms with Crippen LogP contribution in [0.2, 0.25) is 0 Å². The monoisotopic (exact) mass is 393 g/mol. The SMILES string of the molecule is CN(C(=O)c1ccc2c(c1)OC=CO2)c1ccccc1I. The van der Waals surface area contributed by atoms with E-state index in [1.807, 2.05) is 24.3 Å². The molecule has 2 aromatic carbocycles. The van der Waals surface area contributed by atoms with Crippen LogP contribution in [0, 0.1) is 3.57 Å². The standard InChI is InChI=1S/C16H12INO3/c1-18(13-5-3-2-4-12(13)17)16(19)11-6-7-14-15(10-11)21-9-8-20-14/h2-10H,1H3. The molecule has 0 aliphatic carbocycles. The maximum atomic E-state index is 12.6. The number of hydrogen-bond acceptors (Lipinski definition) is 3. The number of rotatable bonds is 2. The highest BCUT2D eigenvalue weighted by Crippen LogP contribution is 2.32. The smallest absolute Gasteiger partial charge is 0.258 e. The summed E-state index contributed by atoms with van der Waals surface area (Å²) in [6.07, 6.45) is 2.91. The number of anilines is 1. The van der Waals surface area contributed by atoms with Gasteiger partial charge in [0.2, 0.25) is 0 Å². The second kappa shape index (κ2) is 5.77. The predicted molar refractivity (Wildman–Crippen MR) is 88.7 cm³/mol. The van der Waals surface area contributed by atoms with Crippen LogP contribution in [0.3, 0.4) is 0 Å². The first-order valence-corrected chi connectivity index (χ1v) is 7.39. The number of nitrogens with zero attached hydrogens (tertiary/aromatic N) is 1. The Bertz CT molecular complexity index is 727. The lowest BCUT2D eigenvalue weighted by molar-refractivity contribution is 0.0992. The van der Waals surface area contributed by atoms with Crippen LogP contribution < -0.4 is 14.4 Å². The molecule has 0 spiro atoms. The number of benzene rings is 2. The van der Waals surface area contributed by atoms with Crippen LogP contribution >= 0.6 is 22.6 Å². The number of ether oxygens (including phenoxy) is 2. The molecule has 1 aliphatic rings. The van der Waals surface area contributed by atoms with Gasteiger partial charge in [-0.2, -0.15) is 0 Å². The van der Waals surface area contributed by atoms with Crippen molar-refractivity contribution in [2.75, 3.05) is 11.9 Å². The van der Waals surface area contributed by atoms with Crippen LogP contribution in [0.1, 0.15) is 10.4 Å². The van der Waals surface area contributed by atoms with E-state index in [9.17, 15) is 4.79 Å². The zero-order valence-electron chi connectivity index (χ0n) is 11.2. The lowest BCUT2D eigenvalue weighted by atomic mass is 10.1. The molecule has 106 valence electrons. The van der Waals surface area contributed by atoms with Crippen LogP contribution in [-0.2, 0) is 0 Å². The first-order valence-electron chi connectivity index (χ1n) is 6.32. The quantitative estimate of drug-likeness (QED) is 0.729. The molecule has 3 rings (SSSR count). The van der Waals surface area contributed by atoms with Crippen molar-refractivity contribution in [2.24, 2.45) is 0 Å². The third kappa shape index (κ3) is 2.73. The fraction of sp³-hybridized carbons (Fsp3) is 0.0625. The Labute approximate surface area is 136 Å². The number of amides is 1. The first kappa shape index (κ1) is 13.9. The summed E-state index contributed by atoms with van der Waals surface area (Å²) in [4.78, 5) is 14.2. The van der Waals surface area contributed by atoms with E-state index < -0.39 is 0 Å².